The lowest BCUT2D eigenvalue weighted by Crippen LogP contribution is -2.48. The van der Waals surface area contributed by atoms with Crippen molar-refractivity contribution in [2.24, 2.45) is 0 Å². The van der Waals surface area contributed by atoms with Crippen LogP contribution >= 0.6 is 0 Å². The first-order valence-corrected chi connectivity index (χ1v) is 5.16. The van der Waals surface area contributed by atoms with Crippen molar-refractivity contribution in [1.29, 1.82) is 0 Å². The van der Waals surface area contributed by atoms with E-state index in [1.807, 2.05) is 6.92 Å². The van der Waals surface area contributed by atoms with Crippen LogP contribution in [0.15, 0.2) is 11.4 Å². The lowest BCUT2D eigenvalue weighted by Gasteiger charge is -2.29. The van der Waals surface area contributed by atoms with Crippen molar-refractivity contribution >= 4 is 5.78 Å². The van der Waals surface area contributed by atoms with Gasteiger partial charge in [0.15, 0.2) is 6.10 Å². The van der Waals surface area contributed by atoms with E-state index < -0.39 is 6.10 Å². The van der Waals surface area contributed by atoms with Crippen LogP contribution in [0.4, 0.5) is 0 Å². The zero-order valence-electron chi connectivity index (χ0n) is 8.76. The van der Waals surface area contributed by atoms with Crippen molar-refractivity contribution in [2.75, 3.05) is 13.1 Å². The highest BCUT2D eigenvalue weighted by Gasteiger charge is 2.37. The smallest absolute Gasteiger partial charge is 0.215 e. The quantitative estimate of drug-likeness (QED) is 0.531. The van der Waals surface area contributed by atoms with Crippen LogP contribution in [-0.2, 0) is 4.79 Å². The minimum atomic E-state index is -0.931. The van der Waals surface area contributed by atoms with Crippen molar-refractivity contribution < 1.29 is 9.90 Å². The Kier molecular flexibility index (Phi) is 3.95. The summed E-state index contributed by atoms with van der Waals surface area (Å²) < 4.78 is 0. The number of likely N-dealkylation sites (N-methyl/N-ethyl adjacent to an activating group) is 1. The fourth-order valence-corrected chi connectivity index (χ4v) is 1.41. The van der Waals surface area contributed by atoms with Gasteiger partial charge in [0.2, 0.25) is 5.78 Å². The lowest BCUT2D eigenvalue weighted by molar-refractivity contribution is -0.125. The van der Waals surface area contributed by atoms with Crippen molar-refractivity contribution in [3.05, 3.63) is 11.4 Å². The molecule has 0 heterocycles. The molecule has 4 nitrogen and oxygen atoms in total. The minimum Gasteiger partial charge on any atom is -0.384 e. The number of Topliss-reactive ketones (excluding diaryl/α,β-unsaturated/α-hetero) is 1. The van der Waals surface area contributed by atoms with Gasteiger partial charge in [-0.1, -0.05) is 13.3 Å². The second-order valence-corrected chi connectivity index (χ2v) is 3.37. The van der Waals surface area contributed by atoms with E-state index in [4.69, 9.17) is 0 Å². The SMILES string of the molecule is CCCCNC1=C(NCC)C(O)C1=O. The molecule has 0 spiro atoms. The molecule has 0 aromatic rings. The van der Waals surface area contributed by atoms with Gasteiger partial charge in [0.1, 0.15) is 5.70 Å². The molecule has 1 unspecified atom stereocenters. The van der Waals surface area contributed by atoms with Crippen LogP contribution in [0.2, 0.25) is 0 Å². The summed E-state index contributed by atoms with van der Waals surface area (Å²) in [5.74, 6) is -0.197. The van der Waals surface area contributed by atoms with E-state index in [0.717, 1.165) is 25.9 Å². The highest BCUT2D eigenvalue weighted by atomic mass is 16.3. The van der Waals surface area contributed by atoms with Gasteiger partial charge in [-0.3, -0.25) is 4.79 Å². The van der Waals surface area contributed by atoms with Gasteiger partial charge in [0, 0.05) is 13.1 Å². The maximum absolute atomic E-state index is 11.2. The van der Waals surface area contributed by atoms with Crippen molar-refractivity contribution in [2.45, 2.75) is 32.8 Å². The lowest BCUT2D eigenvalue weighted by atomic mass is 9.95. The maximum atomic E-state index is 11.2. The topological polar surface area (TPSA) is 61.4 Å². The molecule has 1 aliphatic rings. The summed E-state index contributed by atoms with van der Waals surface area (Å²) in [6.07, 6.45) is 1.19. The van der Waals surface area contributed by atoms with E-state index in [0.29, 0.717) is 11.4 Å². The third-order valence-corrected chi connectivity index (χ3v) is 2.24. The number of ketones is 1. The van der Waals surface area contributed by atoms with Gasteiger partial charge >= 0.3 is 0 Å². The second-order valence-electron chi connectivity index (χ2n) is 3.37. The summed E-state index contributed by atoms with van der Waals surface area (Å²) in [6, 6.07) is 0. The molecule has 0 bridgehead atoms. The van der Waals surface area contributed by atoms with Crippen LogP contribution in [0.25, 0.3) is 0 Å². The Balaban J connectivity index is 2.50. The monoisotopic (exact) mass is 198 g/mol. The predicted octanol–water partition coefficient (Wildman–Crippen LogP) is 0.141. The first kappa shape index (κ1) is 11.0. The van der Waals surface area contributed by atoms with E-state index in [1.54, 1.807) is 0 Å². The van der Waals surface area contributed by atoms with Crippen LogP contribution in [0.1, 0.15) is 26.7 Å². The number of aliphatic hydroxyl groups excluding tert-OH is 1. The van der Waals surface area contributed by atoms with Gasteiger partial charge in [-0.05, 0) is 13.3 Å². The number of hydrogen-bond donors (Lipinski definition) is 3. The summed E-state index contributed by atoms with van der Waals surface area (Å²) in [6.45, 7) is 5.54. The minimum absolute atomic E-state index is 0.197. The van der Waals surface area contributed by atoms with Gasteiger partial charge in [-0.15, -0.1) is 0 Å². The predicted molar refractivity (Wildman–Crippen MR) is 54.6 cm³/mol. The number of carbonyl (C=O) groups is 1. The molecule has 3 N–H and O–H groups in total. The number of carbonyl (C=O) groups excluding carboxylic acids is 1. The summed E-state index contributed by atoms with van der Waals surface area (Å²) in [4.78, 5) is 11.2. The molecule has 0 fully saturated rings. The molecule has 0 aliphatic heterocycles. The van der Waals surface area contributed by atoms with E-state index in [2.05, 4.69) is 17.6 Å². The molecule has 4 heteroatoms. The number of rotatable bonds is 6. The molecule has 1 rings (SSSR count). The molecular weight excluding hydrogens is 180 g/mol. The summed E-state index contributed by atoms with van der Waals surface area (Å²) in [5.41, 5.74) is 1.21. The molecule has 80 valence electrons. The van der Waals surface area contributed by atoms with Crippen LogP contribution in [0.3, 0.4) is 0 Å². The Morgan fingerprint density at radius 3 is 2.64 bits per heavy atom. The fourth-order valence-electron chi connectivity index (χ4n) is 1.41. The maximum Gasteiger partial charge on any atom is 0.215 e. The Bertz CT molecular complexity index is 249. The first-order chi connectivity index (χ1) is 6.72. The molecule has 1 atom stereocenters. The van der Waals surface area contributed by atoms with Crippen molar-refractivity contribution in [1.82, 2.24) is 10.6 Å². The summed E-state index contributed by atoms with van der Waals surface area (Å²) in [7, 11) is 0. The summed E-state index contributed by atoms with van der Waals surface area (Å²) >= 11 is 0. The molecule has 0 amide bonds. The fraction of sp³-hybridized carbons (Fsp3) is 0.700. The average molecular weight is 198 g/mol. The standard InChI is InChI=1S/C10H18N2O2/c1-3-5-6-12-8-7(11-4-2)9(13)10(8)14/h9,11-13H,3-6H2,1-2H3. The van der Waals surface area contributed by atoms with Gasteiger partial charge in [-0.25, -0.2) is 0 Å². The first-order valence-electron chi connectivity index (χ1n) is 5.16. The number of aliphatic hydroxyl groups is 1. The highest BCUT2D eigenvalue weighted by molar-refractivity contribution is 6.07. The normalized spacial score (nSPS) is 20.8. The van der Waals surface area contributed by atoms with Crippen molar-refractivity contribution in [3.63, 3.8) is 0 Å². The third-order valence-electron chi connectivity index (χ3n) is 2.24. The molecule has 0 aromatic carbocycles. The van der Waals surface area contributed by atoms with Crippen LogP contribution < -0.4 is 10.6 Å². The van der Waals surface area contributed by atoms with Gasteiger partial charge < -0.3 is 15.7 Å². The van der Waals surface area contributed by atoms with Crippen LogP contribution in [-0.4, -0.2) is 30.1 Å². The highest BCUT2D eigenvalue weighted by Crippen LogP contribution is 2.19. The van der Waals surface area contributed by atoms with Gasteiger partial charge in [0.25, 0.3) is 0 Å². The van der Waals surface area contributed by atoms with E-state index >= 15 is 0 Å². The molecule has 0 radical (unpaired) electrons. The molecule has 0 saturated carbocycles. The van der Waals surface area contributed by atoms with E-state index in [1.165, 1.54) is 0 Å². The Morgan fingerprint density at radius 1 is 1.36 bits per heavy atom. The third kappa shape index (κ3) is 2.07. The number of hydrogen-bond acceptors (Lipinski definition) is 4. The average Bonchev–Trinajstić information content (AvgIpc) is 2.21. The van der Waals surface area contributed by atoms with Crippen molar-refractivity contribution in [3.8, 4) is 0 Å². The molecular formula is C10H18N2O2. The van der Waals surface area contributed by atoms with Crippen LogP contribution in [0, 0.1) is 0 Å². The molecule has 14 heavy (non-hydrogen) atoms. The largest absolute Gasteiger partial charge is 0.384 e. The van der Waals surface area contributed by atoms with E-state index in [9.17, 15) is 9.90 Å². The zero-order chi connectivity index (χ0) is 10.6. The molecule has 0 aromatic heterocycles. The number of nitrogens with one attached hydrogen (secondary N) is 2. The zero-order valence-corrected chi connectivity index (χ0v) is 8.76. The Hall–Kier alpha value is -1.03. The molecule has 0 saturated heterocycles. The molecule has 1 aliphatic carbocycles. The van der Waals surface area contributed by atoms with Gasteiger partial charge in [0.05, 0.1) is 5.70 Å². The Morgan fingerprint density at radius 2 is 2.07 bits per heavy atom. The second kappa shape index (κ2) is 5.00. The summed E-state index contributed by atoms with van der Waals surface area (Å²) in [5, 5.41) is 15.4. The Labute approximate surface area is 84.4 Å². The number of unbranched alkanes of at least 4 members (excludes halogenated alkanes) is 1. The van der Waals surface area contributed by atoms with E-state index in [-0.39, 0.29) is 5.78 Å². The van der Waals surface area contributed by atoms with Gasteiger partial charge in [-0.2, -0.15) is 0 Å². The van der Waals surface area contributed by atoms with Crippen LogP contribution in [0.5, 0.6) is 0 Å².